The van der Waals surface area contributed by atoms with Crippen molar-refractivity contribution in [3.63, 3.8) is 0 Å². The SMILES string of the molecule is O=C(NN=Cc1ccccc1)c1ccc(NC(=O)C2CCCCC2)cc1. The summed E-state index contributed by atoms with van der Waals surface area (Å²) in [5, 5.41) is 6.90. The highest BCUT2D eigenvalue weighted by Gasteiger charge is 2.21. The molecule has 134 valence electrons. The Morgan fingerprint density at radius 2 is 1.62 bits per heavy atom. The highest BCUT2D eigenvalue weighted by molar-refractivity contribution is 5.96. The summed E-state index contributed by atoms with van der Waals surface area (Å²) in [6, 6.07) is 16.4. The van der Waals surface area contributed by atoms with Crippen molar-refractivity contribution in [3.05, 3.63) is 65.7 Å². The minimum atomic E-state index is -0.290. The smallest absolute Gasteiger partial charge is 0.271 e. The van der Waals surface area contributed by atoms with Gasteiger partial charge in [-0.05, 0) is 42.7 Å². The van der Waals surface area contributed by atoms with Gasteiger partial charge in [-0.25, -0.2) is 5.43 Å². The van der Waals surface area contributed by atoms with Gasteiger partial charge in [0.15, 0.2) is 0 Å². The third-order valence-corrected chi connectivity index (χ3v) is 4.57. The Hall–Kier alpha value is -2.95. The van der Waals surface area contributed by atoms with Crippen LogP contribution in [-0.4, -0.2) is 18.0 Å². The number of carbonyl (C=O) groups is 2. The molecule has 5 heteroatoms. The molecule has 1 saturated carbocycles. The van der Waals surface area contributed by atoms with E-state index in [0.717, 1.165) is 31.2 Å². The molecule has 2 aromatic carbocycles. The fraction of sp³-hybridized carbons (Fsp3) is 0.286. The second-order valence-electron chi connectivity index (χ2n) is 6.51. The molecule has 0 spiro atoms. The lowest BCUT2D eigenvalue weighted by Gasteiger charge is -2.20. The number of hydrogen-bond acceptors (Lipinski definition) is 3. The number of rotatable bonds is 5. The van der Waals surface area contributed by atoms with Crippen molar-refractivity contribution in [3.8, 4) is 0 Å². The molecule has 2 amide bonds. The van der Waals surface area contributed by atoms with E-state index in [9.17, 15) is 9.59 Å². The number of nitrogens with one attached hydrogen (secondary N) is 2. The van der Waals surface area contributed by atoms with Crippen LogP contribution in [0, 0.1) is 5.92 Å². The number of benzene rings is 2. The zero-order valence-corrected chi connectivity index (χ0v) is 14.7. The minimum absolute atomic E-state index is 0.0781. The van der Waals surface area contributed by atoms with E-state index in [2.05, 4.69) is 15.8 Å². The van der Waals surface area contributed by atoms with Crippen molar-refractivity contribution < 1.29 is 9.59 Å². The standard InChI is InChI=1S/C21H23N3O2/c25-20(17-9-5-2-6-10-17)23-19-13-11-18(12-14-19)21(26)24-22-15-16-7-3-1-4-8-16/h1,3-4,7-8,11-15,17H,2,5-6,9-10H2,(H,23,25)(H,24,26). The number of anilines is 1. The predicted molar refractivity (Wildman–Crippen MR) is 103 cm³/mol. The summed E-state index contributed by atoms with van der Waals surface area (Å²) in [5.74, 6) is -0.101. The minimum Gasteiger partial charge on any atom is -0.326 e. The average Bonchev–Trinajstić information content (AvgIpc) is 2.70. The third kappa shape index (κ3) is 5.02. The monoisotopic (exact) mass is 349 g/mol. The topological polar surface area (TPSA) is 70.6 Å². The molecule has 0 aromatic heterocycles. The van der Waals surface area contributed by atoms with Gasteiger partial charge in [0.25, 0.3) is 5.91 Å². The lowest BCUT2D eigenvalue weighted by Crippen LogP contribution is -2.24. The normalized spacial score (nSPS) is 14.9. The van der Waals surface area contributed by atoms with Crippen LogP contribution in [0.15, 0.2) is 59.7 Å². The zero-order valence-electron chi connectivity index (χ0n) is 14.7. The summed E-state index contributed by atoms with van der Waals surface area (Å²) in [5.41, 5.74) is 4.62. The quantitative estimate of drug-likeness (QED) is 0.633. The maximum Gasteiger partial charge on any atom is 0.271 e. The number of carbonyl (C=O) groups excluding carboxylic acids is 2. The van der Waals surface area contributed by atoms with E-state index < -0.39 is 0 Å². The molecule has 2 N–H and O–H groups in total. The Labute approximate surface area is 153 Å². The first kappa shape index (κ1) is 17.9. The molecular weight excluding hydrogens is 326 g/mol. The summed E-state index contributed by atoms with van der Waals surface area (Å²) in [4.78, 5) is 24.4. The highest BCUT2D eigenvalue weighted by atomic mass is 16.2. The van der Waals surface area contributed by atoms with Crippen molar-refractivity contribution >= 4 is 23.7 Å². The van der Waals surface area contributed by atoms with Gasteiger partial charge in [0, 0.05) is 17.2 Å². The van der Waals surface area contributed by atoms with Gasteiger partial charge in [0.05, 0.1) is 6.21 Å². The van der Waals surface area contributed by atoms with E-state index in [1.807, 2.05) is 30.3 Å². The molecule has 5 nitrogen and oxygen atoms in total. The molecular formula is C21H23N3O2. The Morgan fingerprint density at radius 3 is 2.31 bits per heavy atom. The van der Waals surface area contributed by atoms with Crippen LogP contribution in [0.5, 0.6) is 0 Å². The van der Waals surface area contributed by atoms with Crippen molar-refractivity contribution in [1.29, 1.82) is 0 Å². The van der Waals surface area contributed by atoms with Crippen molar-refractivity contribution in [2.24, 2.45) is 11.0 Å². The molecule has 1 aliphatic carbocycles. The highest BCUT2D eigenvalue weighted by Crippen LogP contribution is 2.25. The lowest BCUT2D eigenvalue weighted by molar-refractivity contribution is -0.120. The van der Waals surface area contributed by atoms with E-state index in [1.54, 1.807) is 30.5 Å². The van der Waals surface area contributed by atoms with E-state index in [4.69, 9.17) is 0 Å². The van der Waals surface area contributed by atoms with Gasteiger partial charge in [0.1, 0.15) is 0 Å². The number of amides is 2. The lowest BCUT2D eigenvalue weighted by atomic mass is 9.88. The van der Waals surface area contributed by atoms with Crippen LogP contribution in [0.3, 0.4) is 0 Å². The maximum absolute atomic E-state index is 12.3. The van der Waals surface area contributed by atoms with E-state index in [0.29, 0.717) is 11.3 Å². The van der Waals surface area contributed by atoms with Crippen LogP contribution in [0.4, 0.5) is 5.69 Å². The molecule has 0 radical (unpaired) electrons. The molecule has 3 rings (SSSR count). The van der Waals surface area contributed by atoms with Crippen LogP contribution in [0.1, 0.15) is 48.0 Å². The van der Waals surface area contributed by atoms with Crippen molar-refractivity contribution in [2.75, 3.05) is 5.32 Å². The number of hydrogen-bond donors (Lipinski definition) is 2. The zero-order chi connectivity index (χ0) is 18.2. The Morgan fingerprint density at radius 1 is 0.923 bits per heavy atom. The molecule has 0 saturated heterocycles. The molecule has 0 atom stereocenters. The first-order chi connectivity index (χ1) is 12.7. The van der Waals surface area contributed by atoms with Gasteiger partial charge < -0.3 is 5.32 Å². The average molecular weight is 349 g/mol. The van der Waals surface area contributed by atoms with Crippen LogP contribution >= 0.6 is 0 Å². The number of hydrazone groups is 1. The Bertz CT molecular complexity index is 764. The summed E-state index contributed by atoms with van der Waals surface area (Å²) >= 11 is 0. The number of nitrogens with zero attached hydrogens (tertiary/aromatic N) is 1. The largest absolute Gasteiger partial charge is 0.326 e. The summed E-state index contributed by atoms with van der Waals surface area (Å²) in [7, 11) is 0. The van der Waals surface area contributed by atoms with Crippen LogP contribution in [0.25, 0.3) is 0 Å². The summed E-state index contributed by atoms with van der Waals surface area (Å²) in [6.45, 7) is 0. The van der Waals surface area contributed by atoms with Crippen LogP contribution in [-0.2, 0) is 4.79 Å². The van der Waals surface area contributed by atoms with Gasteiger partial charge in [-0.3, -0.25) is 9.59 Å². The maximum atomic E-state index is 12.3. The van der Waals surface area contributed by atoms with E-state index >= 15 is 0 Å². The molecule has 0 heterocycles. The second kappa shape index (κ2) is 8.94. The van der Waals surface area contributed by atoms with E-state index in [-0.39, 0.29) is 17.7 Å². The van der Waals surface area contributed by atoms with Crippen LogP contribution in [0.2, 0.25) is 0 Å². The molecule has 26 heavy (non-hydrogen) atoms. The van der Waals surface area contributed by atoms with Crippen LogP contribution < -0.4 is 10.7 Å². The Kier molecular flexibility index (Phi) is 6.14. The fourth-order valence-corrected chi connectivity index (χ4v) is 3.08. The van der Waals surface area contributed by atoms with Gasteiger partial charge in [-0.1, -0.05) is 49.6 Å². The molecule has 2 aromatic rings. The fourth-order valence-electron chi connectivity index (χ4n) is 3.08. The van der Waals surface area contributed by atoms with Gasteiger partial charge in [-0.15, -0.1) is 0 Å². The first-order valence-corrected chi connectivity index (χ1v) is 9.02. The molecule has 0 bridgehead atoms. The molecule has 1 fully saturated rings. The third-order valence-electron chi connectivity index (χ3n) is 4.57. The first-order valence-electron chi connectivity index (χ1n) is 9.02. The molecule has 0 aliphatic heterocycles. The summed E-state index contributed by atoms with van der Waals surface area (Å²) in [6.07, 6.45) is 7.00. The van der Waals surface area contributed by atoms with E-state index in [1.165, 1.54) is 6.42 Å². The van der Waals surface area contributed by atoms with Crippen molar-refractivity contribution in [1.82, 2.24) is 5.43 Å². The molecule has 1 aliphatic rings. The molecule has 0 unspecified atom stereocenters. The van der Waals surface area contributed by atoms with Gasteiger partial charge >= 0.3 is 0 Å². The predicted octanol–water partition coefficient (Wildman–Crippen LogP) is 3.97. The summed E-state index contributed by atoms with van der Waals surface area (Å²) < 4.78 is 0. The van der Waals surface area contributed by atoms with Crippen molar-refractivity contribution in [2.45, 2.75) is 32.1 Å². The van der Waals surface area contributed by atoms with Gasteiger partial charge in [-0.2, -0.15) is 5.10 Å². The Balaban J connectivity index is 1.52. The second-order valence-corrected chi connectivity index (χ2v) is 6.51. The van der Waals surface area contributed by atoms with Gasteiger partial charge in [0.2, 0.25) is 5.91 Å².